The molecule has 0 saturated heterocycles. The van der Waals surface area contributed by atoms with Gasteiger partial charge in [0.1, 0.15) is 11.3 Å². The van der Waals surface area contributed by atoms with E-state index in [9.17, 15) is 4.39 Å². The van der Waals surface area contributed by atoms with Crippen LogP contribution in [0.25, 0.3) is 21.8 Å². The summed E-state index contributed by atoms with van der Waals surface area (Å²) in [5.41, 5.74) is 1.65. The van der Waals surface area contributed by atoms with E-state index in [2.05, 4.69) is 15.2 Å². The minimum Gasteiger partial charge on any atom is -0.276 e. The SMILES string of the molecule is Fc1ccc2c(cnc3cn[nH]c32)c1. The standard InChI is InChI=1S/C10H6FN3/c11-7-1-2-8-6(3-7)4-12-9-5-13-14-10(8)9/h1-5H,(H,13,14). The number of pyridine rings is 1. The number of hydrogen-bond acceptors (Lipinski definition) is 2. The lowest BCUT2D eigenvalue weighted by molar-refractivity contribution is 0.629. The molecular weight excluding hydrogens is 181 g/mol. The zero-order valence-corrected chi connectivity index (χ0v) is 7.16. The molecule has 0 amide bonds. The van der Waals surface area contributed by atoms with Crippen molar-refractivity contribution in [2.45, 2.75) is 0 Å². The molecule has 3 rings (SSSR count). The summed E-state index contributed by atoms with van der Waals surface area (Å²) < 4.78 is 12.9. The predicted molar refractivity (Wildman–Crippen MR) is 51.4 cm³/mol. The number of nitrogens with one attached hydrogen (secondary N) is 1. The Balaban J connectivity index is 2.57. The molecule has 0 atom stereocenters. The van der Waals surface area contributed by atoms with E-state index in [0.717, 1.165) is 21.8 Å². The molecule has 1 N–H and O–H groups in total. The molecule has 0 unspecified atom stereocenters. The Bertz CT molecular complexity index is 615. The van der Waals surface area contributed by atoms with Crippen LogP contribution in [0.5, 0.6) is 0 Å². The quantitative estimate of drug-likeness (QED) is 0.586. The van der Waals surface area contributed by atoms with Crippen molar-refractivity contribution in [2.75, 3.05) is 0 Å². The highest BCUT2D eigenvalue weighted by Crippen LogP contribution is 2.21. The Morgan fingerprint density at radius 2 is 2.14 bits per heavy atom. The van der Waals surface area contributed by atoms with E-state index in [4.69, 9.17) is 0 Å². The molecular formula is C10H6FN3. The summed E-state index contributed by atoms with van der Waals surface area (Å²) >= 11 is 0. The molecule has 68 valence electrons. The summed E-state index contributed by atoms with van der Waals surface area (Å²) in [6.45, 7) is 0. The first-order valence-electron chi connectivity index (χ1n) is 4.22. The number of fused-ring (bicyclic) bond motifs is 3. The fourth-order valence-corrected chi connectivity index (χ4v) is 1.58. The van der Waals surface area contributed by atoms with Crippen molar-refractivity contribution in [3.63, 3.8) is 0 Å². The van der Waals surface area contributed by atoms with Gasteiger partial charge in [-0.05, 0) is 18.2 Å². The first-order chi connectivity index (χ1) is 6.84. The van der Waals surface area contributed by atoms with E-state index >= 15 is 0 Å². The van der Waals surface area contributed by atoms with Gasteiger partial charge in [-0.15, -0.1) is 0 Å². The second-order valence-electron chi connectivity index (χ2n) is 3.12. The maximum Gasteiger partial charge on any atom is 0.123 e. The van der Waals surface area contributed by atoms with Crippen molar-refractivity contribution in [3.05, 3.63) is 36.4 Å². The lowest BCUT2D eigenvalue weighted by Gasteiger charge is -1.97. The number of aromatic amines is 1. The van der Waals surface area contributed by atoms with Crippen molar-refractivity contribution in [1.29, 1.82) is 0 Å². The fraction of sp³-hybridized carbons (Fsp3) is 0. The molecule has 0 aliphatic carbocycles. The summed E-state index contributed by atoms with van der Waals surface area (Å²) in [6.07, 6.45) is 3.30. The number of halogens is 1. The van der Waals surface area contributed by atoms with Crippen LogP contribution in [0.3, 0.4) is 0 Å². The lowest BCUT2D eigenvalue weighted by Crippen LogP contribution is -1.81. The first-order valence-corrected chi connectivity index (χ1v) is 4.22. The molecule has 2 heterocycles. The van der Waals surface area contributed by atoms with Crippen LogP contribution in [0.4, 0.5) is 4.39 Å². The van der Waals surface area contributed by atoms with E-state index in [1.165, 1.54) is 12.1 Å². The van der Waals surface area contributed by atoms with Gasteiger partial charge in [0.05, 0.1) is 11.7 Å². The Morgan fingerprint density at radius 3 is 3.07 bits per heavy atom. The number of hydrogen-bond donors (Lipinski definition) is 1. The van der Waals surface area contributed by atoms with E-state index in [0.29, 0.717) is 0 Å². The van der Waals surface area contributed by atoms with Crippen molar-refractivity contribution in [2.24, 2.45) is 0 Å². The molecule has 0 bridgehead atoms. The van der Waals surface area contributed by atoms with Crippen LogP contribution in [0.15, 0.2) is 30.6 Å². The van der Waals surface area contributed by atoms with Crippen LogP contribution in [0.2, 0.25) is 0 Å². The smallest absolute Gasteiger partial charge is 0.123 e. The third-order valence-electron chi connectivity index (χ3n) is 2.24. The van der Waals surface area contributed by atoms with Gasteiger partial charge in [0.25, 0.3) is 0 Å². The van der Waals surface area contributed by atoms with Gasteiger partial charge in [0.2, 0.25) is 0 Å². The Morgan fingerprint density at radius 1 is 1.21 bits per heavy atom. The minimum atomic E-state index is -0.252. The van der Waals surface area contributed by atoms with Crippen LogP contribution < -0.4 is 0 Å². The summed E-state index contributed by atoms with van der Waals surface area (Å²) in [6, 6.07) is 4.62. The molecule has 3 nitrogen and oxygen atoms in total. The van der Waals surface area contributed by atoms with Crippen molar-refractivity contribution in [1.82, 2.24) is 15.2 Å². The summed E-state index contributed by atoms with van der Waals surface area (Å²) in [7, 11) is 0. The Kier molecular flexibility index (Phi) is 1.33. The average molecular weight is 187 g/mol. The summed E-state index contributed by atoms with van der Waals surface area (Å²) in [4.78, 5) is 4.15. The van der Waals surface area contributed by atoms with Crippen LogP contribution >= 0.6 is 0 Å². The second-order valence-corrected chi connectivity index (χ2v) is 3.12. The van der Waals surface area contributed by atoms with Crippen molar-refractivity contribution < 1.29 is 4.39 Å². The number of H-pyrrole nitrogens is 1. The van der Waals surface area contributed by atoms with E-state index < -0.39 is 0 Å². The molecule has 0 radical (unpaired) electrons. The molecule has 0 saturated carbocycles. The summed E-state index contributed by atoms with van der Waals surface area (Å²) in [5.74, 6) is -0.252. The second kappa shape index (κ2) is 2.51. The van der Waals surface area contributed by atoms with Gasteiger partial charge in [-0.1, -0.05) is 0 Å². The largest absolute Gasteiger partial charge is 0.276 e. The van der Waals surface area contributed by atoms with E-state index in [1.807, 2.05) is 0 Å². The summed E-state index contributed by atoms with van der Waals surface area (Å²) in [5, 5.41) is 8.46. The van der Waals surface area contributed by atoms with Crippen LogP contribution in [0.1, 0.15) is 0 Å². The Hall–Kier alpha value is -1.97. The number of benzene rings is 1. The third kappa shape index (κ3) is 0.907. The van der Waals surface area contributed by atoms with Crippen LogP contribution in [0, 0.1) is 5.82 Å². The Labute approximate surface area is 78.6 Å². The molecule has 4 heteroatoms. The molecule has 3 aromatic rings. The van der Waals surface area contributed by atoms with Crippen LogP contribution in [-0.4, -0.2) is 15.2 Å². The average Bonchev–Trinajstić information content (AvgIpc) is 2.65. The molecule has 2 aromatic heterocycles. The molecule has 14 heavy (non-hydrogen) atoms. The number of rotatable bonds is 0. The van der Waals surface area contributed by atoms with Gasteiger partial charge in [0, 0.05) is 17.0 Å². The maximum absolute atomic E-state index is 12.9. The van der Waals surface area contributed by atoms with E-state index in [-0.39, 0.29) is 5.82 Å². The van der Waals surface area contributed by atoms with Crippen molar-refractivity contribution >= 4 is 21.8 Å². The van der Waals surface area contributed by atoms with Gasteiger partial charge in [0.15, 0.2) is 0 Å². The first kappa shape index (κ1) is 7.44. The topological polar surface area (TPSA) is 41.6 Å². The monoisotopic (exact) mass is 187 g/mol. The predicted octanol–water partition coefficient (Wildman–Crippen LogP) is 2.25. The normalized spacial score (nSPS) is 11.2. The highest BCUT2D eigenvalue weighted by atomic mass is 19.1. The highest BCUT2D eigenvalue weighted by Gasteiger charge is 2.03. The van der Waals surface area contributed by atoms with E-state index in [1.54, 1.807) is 18.5 Å². The van der Waals surface area contributed by atoms with Gasteiger partial charge in [-0.2, -0.15) is 5.10 Å². The molecule has 0 fully saturated rings. The third-order valence-corrected chi connectivity index (χ3v) is 2.24. The lowest BCUT2D eigenvalue weighted by atomic mass is 10.1. The van der Waals surface area contributed by atoms with Gasteiger partial charge >= 0.3 is 0 Å². The van der Waals surface area contributed by atoms with Crippen molar-refractivity contribution in [3.8, 4) is 0 Å². The highest BCUT2D eigenvalue weighted by molar-refractivity contribution is 6.02. The molecule has 0 aliphatic heterocycles. The van der Waals surface area contributed by atoms with Gasteiger partial charge in [-0.3, -0.25) is 10.1 Å². The maximum atomic E-state index is 12.9. The zero-order chi connectivity index (χ0) is 9.54. The molecule has 0 spiro atoms. The fourth-order valence-electron chi connectivity index (χ4n) is 1.58. The molecule has 1 aromatic carbocycles. The minimum absolute atomic E-state index is 0.252. The van der Waals surface area contributed by atoms with Gasteiger partial charge in [-0.25, -0.2) is 4.39 Å². The van der Waals surface area contributed by atoms with Gasteiger partial charge < -0.3 is 0 Å². The zero-order valence-electron chi connectivity index (χ0n) is 7.16. The number of aromatic nitrogens is 3. The number of nitrogens with zero attached hydrogens (tertiary/aromatic N) is 2. The molecule has 0 aliphatic rings. The van der Waals surface area contributed by atoms with Crippen LogP contribution in [-0.2, 0) is 0 Å².